The second kappa shape index (κ2) is 13.6. The van der Waals surface area contributed by atoms with Crippen molar-refractivity contribution in [2.24, 2.45) is 0 Å². The van der Waals surface area contributed by atoms with Gasteiger partial charge in [0.2, 0.25) is 0 Å². The summed E-state index contributed by atoms with van der Waals surface area (Å²) in [5.74, 6) is 0.691. The summed E-state index contributed by atoms with van der Waals surface area (Å²) in [5, 5.41) is 0. The number of aromatic nitrogens is 3. The summed E-state index contributed by atoms with van der Waals surface area (Å²) in [4.78, 5) is 14.8. The normalized spacial score (nSPS) is 12.5. The van der Waals surface area contributed by atoms with Gasteiger partial charge in [0.1, 0.15) is 0 Å². The van der Waals surface area contributed by atoms with Crippen LogP contribution in [0.15, 0.2) is 213 Å². The van der Waals surface area contributed by atoms with Crippen LogP contribution >= 0.6 is 0 Å². The van der Waals surface area contributed by atoms with Crippen molar-refractivity contribution >= 4 is 0 Å². The van der Waals surface area contributed by atoms with Gasteiger partial charge in [-0.05, 0) is 92.0 Å². The van der Waals surface area contributed by atoms with E-state index in [1.54, 1.807) is 0 Å². The van der Waals surface area contributed by atoms with E-state index in [4.69, 9.17) is 9.97 Å². The molecule has 0 spiro atoms. The molecule has 9 aromatic rings. The van der Waals surface area contributed by atoms with Crippen LogP contribution < -0.4 is 0 Å². The molecule has 3 nitrogen and oxygen atoms in total. The van der Waals surface area contributed by atoms with E-state index in [0.717, 1.165) is 50.3 Å². The van der Waals surface area contributed by atoms with Gasteiger partial charge in [-0.2, -0.15) is 0 Å². The summed E-state index contributed by atoms with van der Waals surface area (Å²) < 4.78 is 0. The van der Waals surface area contributed by atoms with Gasteiger partial charge in [0, 0.05) is 29.1 Å². The average molecular weight is 702 g/mol. The number of rotatable bonds is 7. The SMILES string of the molecule is c1ccc(-c2cccc(-c3nc(-c4ccccc4)cc(-c4cccc(C5(c6cccc(-c7ccncc7)c6)c6ccccc6-c6ccccc65)c4)n3)c2)cc1. The zero-order chi connectivity index (χ0) is 36.6. The van der Waals surface area contributed by atoms with Crippen molar-refractivity contribution in [3.63, 3.8) is 0 Å². The maximum absolute atomic E-state index is 5.32. The van der Waals surface area contributed by atoms with Crippen LogP contribution in [0, 0.1) is 0 Å². The van der Waals surface area contributed by atoms with E-state index in [1.807, 2.05) is 24.5 Å². The second-order valence-electron chi connectivity index (χ2n) is 14.0. The Morgan fingerprint density at radius 1 is 0.309 bits per heavy atom. The van der Waals surface area contributed by atoms with Crippen LogP contribution in [0.25, 0.3) is 67.3 Å². The van der Waals surface area contributed by atoms with Crippen molar-refractivity contribution in [2.45, 2.75) is 5.41 Å². The second-order valence-corrected chi connectivity index (χ2v) is 14.0. The molecule has 0 atom stereocenters. The molecule has 0 radical (unpaired) electrons. The zero-order valence-electron chi connectivity index (χ0n) is 30.0. The highest BCUT2D eigenvalue weighted by Gasteiger charge is 2.46. The highest BCUT2D eigenvalue weighted by atomic mass is 14.9. The lowest BCUT2D eigenvalue weighted by Gasteiger charge is -2.34. The van der Waals surface area contributed by atoms with Gasteiger partial charge in [0.25, 0.3) is 0 Å². The fourth-order valence-corrected chi connectivity index (χ4v) is 8.36. The molecule has 10 rings (SSSR count). The lowest BCUT2D eigenvalue weighted by molar-refractivity contribution is 0.769. The van der Waals surface area contributed by atoms with Gasteiger partial charge < -0.3 is 0 Å². The first kappa shape index (κ1) is 32.4. The number of hydrogen-bond acceptors (Lipinski definition) is 3. The van der Waals surface area contributed by atoms with Gasteiger partial charge in [-0.15, -0.1) is 0 Å². The smallest absolute Gasteiger partial charge is 0.160 e. The van der Waals surface area contributed by atoms with Crippen LogP contribution in [0.1, 0.15) is 22.3 Å². The van der Waals surface area contributed by atoms with Gasteiger partial charge in [0.15, 0.2) is 5.82 Å². The van der Waals surface area contributed by atoms with E-state index in [-0.39, 0.29) is 0 Å². The fourth-order valence-electron chi connectivity index (χ4n) is 8.36. The van der Waals surface area contributed by atoms with Crippen molar-refractivity contribution in [1.82, 2.24) is 15.0 Å². The third-order valence-corrected chi connectivity index (χ3v) is 10.9. The number of hydrogen-bond donors (Lipinski definition) is 0. The first-order valence-corrected chi connectivity index (χ1v) is 18.7. The Labute approximate surface area is 321 Å². The van der Waals surface area contributed by atoms with Gasteiger partial charge in [-0.3, -0.25) is 4.98 Å². The van der Waals surface area contributed by atoms with Crippen molar-refractivity contribution in [3.8, 4) is 67.3 Å². The average Bonchev–Trinajstić information content (AvgIpc) is 3.58. The molecule has 0 fully saturated rings. The minimum absolute atomic E-state index is 0.575. The van der Waals surface area contributed by atoms with Gasteiger partial charge >= 0.3 is 0 Å². The molecule has 0 unspecified atom stereocenters. The largest absolute Gasteiger partial charge is 0.265 e. The topological polar surface area (TPSA) is 38.7 Å². The van der Waals surface area contributed by atoms with Crippen LogP contribution in [0.4, 0.5) is 0 Å². The summed E-state index contributed by atoms with van der Waals surface area (Å²) in [6, 6.07) is 71.5. The molecule has 0 bridgehead atoms. The Hall–Kier alpha value is -7.23. The van der Waals surface area contributed by atoms with Crippen LogP contribution in [0.3, 0.4) is 0 Å². The number of nitrogens with zero attached hydrogens (tertiary/aromatic N) is 3. The molecule has 2 aromatic heterocycles. The molecule has 1 aliphatic carbocycles. The zero-order valence-corrected chi connectivity index (χ0v) is 30.0. The third-order valence-electron chi connectivity index (χ3n) is 10.9. The molecule has 0 aliphatic heterocycles. The van der Waals surface area contributed by atoms with Gasteiger partial charge in [0.05, 0.1) is 16.8 Å². The summed E-state index contributed by atoms with van der Waals surface area (Å²) >= 11 is 0. The fraction of sp³-hybridized carbons (Fsp3) is 0.0192. The first-order chi connectivity index (χ1) is 27.3. The van der Waals surface area contributed by atoms with Crippen molar-refractivity contribution in [2.75, 3.05) is 0 Å². The monoisotopic (exact) mass is 701 g/mol. The highest BCUT2D eigenvalue weighted by molar-refractivity contribution is 5.87. The molecule has 55 heavy (non-hydrogen) atoms. The molecule has 0 saturated carbocycles. The van der Waals surface area contributed by atoms with E-state index >= 15 is 0 Å². The Kier molecular flexibility index (Phi) is 8.04. The van der Waals surface area contributed by atoms with Crippen LogP contribution in [0.5, 0.6) is 0 Å². The molecular weight excluding hydrogens is 667 g/mol. The lowest BCUT2D eigenvalue weighted by atomic mass is 9.67. The predicted octanol–water partition coefficient (Wildman–Crippen LogP) is 12.6. The number of fused-ring (bicyclic) bond motifs is 3. The minimum atomic E-state index is -0.575. The molecule has 1 aliphatic rings. The molecule has 258 valence electrons. The van der Waals surface area contributed by atoms with E-state index in [2.05, 4.69) is 193 Å². The molecular formula is C52H35N3. The molecule has 0 amide bonds. The number of benzene rings is 7. The first-order valence-electron chi connectivity index (χ1n) is 18.7. The number of pyridine rings is 1. The lowest BCUT2D eigenvalue weighted by Crippen LogP contribution is -2.28. The summed E-state index contributed by atoms with van der Waals surface area (Å²) in [6.45, 7) is 0. The summed E-state index contributed by atoms with van der Waals surface area (Å²) in [6.07, 6.45) is 3.72. The van der Waals surface area contributed by atoms with Crippen molar-refractivity contribution < 1.29 is 0 Å². The Balaban J connectivity index is 1.19. The molecule has 0 saturated heterocycles. The van der Waals surface area contributed by atoms with Crippen LogP contribution in [0.2, 0.25) is 0 Å². The maximum Gasteiger partial charge on any atom is 0.160 e. The van der Waals surface area contributed by atoms with E-state index < -0.39 is 5.41 Å². The molecule has 7 aromatic carbocycles. The predicted molar refractivity (Wildman–Crippen MR) is 224 cm³/mol. The van der Waals surface area contributed by atoms with Gasteiger partial charge in [-0.25, -0.2) is 9.97 Å². The molecule has 2 heterocycles. The Morgan fingerprint density at radius 3 is 1.42 bits per heavy atom. The maximum atomic E-state index is 5.32. The Bertz CT molecular complexity index is 2770. The third kappa shape index (κ3) is 5.65. The van der Waals surface area contributed by atoms with Crippen LogP contribution in [-0.4, -0.2) is 15.0 Å². The van der Waals surface area contributed by atoms with Crippen molar-refractivity contribution in [3.05, 3.63) is 235 Å². The highest BCUT2D eigenvalue weighted by Crippen LogP contribution is 2.56. The van der Waals surface area contributed by atoms with E-state index in [9.17, 15) is 0 Å². The molecule has 0 N–H and O–H groups in total. The Morgan fingerprint density at radius 2 is 0.764 bits per heavy atom. The van der Waals surface area contributed by atoms with Crippen LogP contribution in [-0.2, 0) is 5.41 Å². The quantitative estimate of drug-likeness (QED) is 0.166. The van der Waals surface area contributed by atoms with E-state index in [1.165, 1.54) is 33.4 Å². The molecule has 3 heteroatoms. The summed E-state index contributed by atoms with van der Waals surface area (Å²) in [5.41, 5.74) is 16.3. The van der Waals surface area contributed by atoms with E-state index in [0.29, 0.717) is 5.82 Å². The minimum Gasteiger partial charge on any atom is -0.265 e. The van der Waals surface area contributed by atoms with Crippen molar-refractivity contribution in [1.29, 1.82) is 0 Å². The van der Waals surface area contributed by atoms with Gasteiger partial charge in [-0.1, -0.05) is 164 Å². The standard InChI is InChI=1S/C52H35N3/c1-3-14-36(15-4-1)39-18-11-21-42(32-39)51-54-49(38-16-5-2-6-17-38)35-50(55-51)41-20-13-23-44(34-41)52(43-22-12-19-40(33-43)37-28-30-53-31-29-37)47-26-9-7-24-45(47)46-25-8-10-27-48(46)52/h1-35H. The summed E-state index contributed by atoms with van der Waals surface area (Å²) in [7, 11) is 0.